The van der Waals surface area contributed by atoms with Gasteiger partial charge in [0.1, 0.15) is 5.75 Å². The summed E-state index contributed by atoms with van der Waals surface area (Å²) in [7, 11) is -1.91. The molecule has 0 amide bonds. The first-order valence-electron chi connectivity index (χ1n) is 10.2. The van der Waals surface area contributed by atoms with E-state index in [0.29, 0.717) is 23.2 Å². The molecule has 0 spiro atoms. The predicted molar refractivity (Wildman–Crippen MR) is 114 cm³/mol. The molecule has 156 valence electrons. The second-order valence-corrected chi connectivity index (χ2v) is 11.1. The maximum atomic E-state index is 12.6. The molecule has 5 rings (SSSR count). The first-order chi connectivity index (χ1) is 13.5. The lowest BCUT2D eigenvalue weighted by molar-refractivity contribution is -0.00914. The highest BCUT2D eigenvalue weighted by Gasteiger charge is 2.40. The van der Waals surface area contributed by atoms with E-state index in [0.717, 1.165) is 31.3 Å². The molecule has 0 saturated carbocycles. The Labute approximate surface area is 173 Å². The molecule has 4 fully saturated rings. The third kappa shape index (κ3) is 4.67. The Morgan fingerprint density at radius 2 is 1.93 bits per heavy atom. The van der Waals surface area contributed by atoms with Gasteiger partial charge in [0, 0.05) is 50.3 Å². The van der Waals surface area contributed by atoms with Crippen molar-refractivity contribution in [2.45, 2.75) is 23.8 Å². The minimum Gasteiger partial charge on any atom is -0.497 e. The number of fused-ring (bicyclic) bond motifs is 3. The van der Waals surface area contributed by atoms with Crippen LogP contribution in [0.25, 0.3) is 0 Å². The molecule has 8 heteroatoms. The van der Waals surface area contributed by atoms with Crippen molar-refractivity contribution < 1.29 is 13.2 Å². The Balaban J connectivity index is 1.31. The number of benzene rings is 1. The summed E-state index contributed by atoms with van der Waals surface area (Å²) in [5.41, 5.74) is 0. The van der Waals surface area contributed by atoms with Gasteiger partial charge in [-0.15, -0.1) is 0 Å². The summed E-state index contributed by atoms with van der Waals surface area (Å²) in [6, 6.07) is 6.89. The van der Waals surface area contributed by atoms with Gasteiger partial charge in [0.2, 0.25) is 10.0 Å². The highest BCUT2D eigenvalue weighted by atomic mass is 32.2. The van der Waals surface area contributed by atoms with Gasteiger partial charge >= 0.3 is 0 Å². The van der Waals surface area contributed by atoms with E-state index in [1.807, 2.05) is 0 Å². The summed E-state index contributed by atoms with van der Waals surface area (Å²) in [4.78, 5) is 5.44. The standard InChI is InChI=1S/C20H31N3O3S2/c1-26-19-2-4-20(5-3-19)28(24,25)21-13-18-12-16-6-7-23(18)15-17(16)14-22-8-10-27-11-9-22/h2-5,16-18,21H,6-15H2,1H3. The summed E-state index contributed by atoms with van der Waals surface area (Å²) < 4.78 is 33.2. The maximum Gasteiger partial charge on any atom is 0.240 e. The fourth-order valence-corrected chi connectivity index (χ4v) is 6.88. The second kappa shape index (κ2) is 8.92. The molecule has 6 nitrogen and oxygen atoms in total. The van der Waals surface area contributed by atoms with Crippen molar-refractivity contribution in [1.82, 2.24) is 14.5 Å². The number of methoxy groups -OCH3 is 1. The SMILES string of the molecule is COc1ccc(S(=O)(=O)NCC2CC3CCN2CC3CN2CCSCC2)cc1. The second-order valence-electron chi connectivity index (χ2n) is 8.13. The maximum absolute atomic E-state index is 12.6. The number of nitrogens with one attached hydrogen (secondary N) is 1. The van der Waals surface area contributed by atoms with Gasteiger partial charge in [-0.25, -0.2) is 13.1 Å². The van der Waals surface area contributed by atoms with Gasteiger partial charge in [-0.2, -0.15) is 11.8 Å². The number of rotatable bonds is 7. The molecular weight excluding hydrogens is 394 g/mol. The van der Waals surface area contributed by atoms with E-state index in [1.165, 1.54) is 37.6 Å². The lowest BCUT2D eigenvalue weighted by Crippen LogP contribution is -2.58. The largest absolute Gasteiger partial charge is 0.497 e. The summed E-state index contributed by atoms with van der Waals surface area (Å²) in [5, 5.41) is 0. The smallest absolute Gasteiger partial charge is 0.240 e. The molecule has 0 aromatic heterocycles. The van der Waals surface area contributed by atoms with Crippen LogP contribution >= 0.6 is 11.8 Å². The molecule has 4 aliphatic rings. The Morgan fingerprint density at radius 3 is 2.57 bits per heavy atom. The Kier molecular flexibility index (Phi) is 6.52. The predicted octanol–water partition coefficient (Wildman–Crippen LogP) is 1.73. The number of hydrogen-bond donors (Lipinski definition) is 1. The van der Waals surface area contributed by atoms with Crippen LogP contribution in [0.3, 0.4) is 0 Å². The summed E-state index contributed by atoms with van der Waals surface area (Å²) in [6.45, 7) is 6.37. The fourth-order valence-electron chi connectivity index (χ4n) is 4.83. The fraction of sp³-hybridized carbons (Fsp3) is 0.700. The van der Waals surface area contributed by atoms with Crippen molar-refractivity contribution in [2.75, 3.05) is 57.9 Å². The molecule has 4 atom stereocenters. The first-order valence-corrected chi connectivity index (χ1v) is 12.9. The normalized spacial score (nSPS) is 31.0. The van der Waals surface area contributed by atoms with Crippen molar-refractivity contribution in [2.24, 2.45) is 11.8 Å². The van der Waals surface area contributed by atoms with E-state index in [1.54, 1.807) is 31.4 Å². The van der Waals surface area contributed by atoms with Crippen LogP contribution < -0.4 is 9.46 Å². The van der Waals surface area contributed by atoms with Crippen molar-refractivity contribution in [3.05, 3.63) is 24.3 Å². The molecule has 4 aliphatic heterocycles. The molecule has 1 aromatic rings. The first kappa shape index (κ1) is 20.5. The van der Waals surface area contributed by atoms with Crippen molar-refractivity contribution in [3.8, 4) is 5.75 Å². The number of nitrogens with zero attached hydrogens (tertiary/aromatic N) is 2. The van der Waals surface area contributed by atoms with Crippen LogP contribution in [0.2, 0.25) is 0 Å². The molecule has 0 aliphatic carbocycles. The van der Waals surface area contributed by atoms with Crippen LogP contribution in [-0.2, 0) is 10.0 Å². The molecular formula is C20H31N3O3S2. The van der Waals surface area contributed by atoms with E-state index in [2.05, 4.69) is 26.3 Å². The van der Waals surface area contributed by atoms with Crippen LogP contribution in [0, 0.1) is 11.8 Å². The van der Waals surface area contributed by atoms with Gasteiger partial charge in [0.05, 0.1) is 12.0 Å². The molecule has 4 heterocycles. The lowest BCUT2D eigenvalue weighted by Gasteiger charge is -2.51. The molecule has 1 aromatic carbocycles. The molecule has 4 unspecified atom stereocenters. The highest BCUT2D eigenvalue weighted by molar-refractivity contribution is 7.99. The number of sulfonamides is 1. The zero-order chi connectivity index (χ0) is 19.6. The lowest BCUT2D eigenvalue weighted by atomic mass is 9.75. The minimum atomic E-state index is -3.48. The summed E-state index contributed by atoms with van der Waals surface area (Å²) in [5.74, 6) is 4.66. The molecule has 28 heavy (non-hydrogen) atoms. The van der Waals surface area contributed by atoms with Crippen molar-refractivity contribution in [1.29, 1.82) is 0 Å². The Morgan fingerprint density at radius 1 is 1.18 bits per heavy atom. The summed E-state index contributed by atoms with van der Waals surface area (Å²) in [6.07, 6.45) is 2.37. The molecule has 0 radical (unpaired) electrons. The van der Waals surface area contributed by atoms with Crippen LogP contribution in [0.5, 0.6) is 5.75 Å². The van der Waals surface area contributed by atoms with Gasteiger partial charge in [-0.1, -0.05) is 0 Å². The van der Waals surface area contributed by atoms with Crippen molar-refractivity contribution in [3.63, 3.8) is 0 Å². The number of ether oxygens (including phenoxy) is 1. The third-order valence-electron chi connectivity index (χ3n) is 6.49. The monoisotopic (exact) mass is 425 g/mol. The van der Waals surface area contributed by atoms with E-state index < -0.39 is 10.0 Å². The van der Waals surface area contributed by atoms with Gasteiger partial charge < -0.3 is 9.64 Å². The van der Waals surface area contributed by atoms with Crippen molar-refractivity contribution >= 4 is 21.8 Å². The van der Waals surface area contributed by atoms with Gasteiger partial charge in [-0.3, -0.25) is 4.90 Å². The summed E-state index contributed by atoms with van der Waals surface area (Å²) >= 11 is 2.06. The average Bonchev–Trinajstić information content (AvgIpc) is 2.74. The van der Waals surface area contributed by atoms with Crippen LogP contribution in [0.4, 0.5) is 0 Å². The minimum absolute atomic E-state index is 0.296. The zero-order valence-corrected chi connectivity index (χ0v) is 18.2. The number of piperidine rings is 3. The van der Waals surface area contributed by atoms with E-state index in [-0.39, 0.29) is 0 Å². The van der Waals surface area contributed by atoms with Gasteiger partial charge in [-0.05, 0) is 55.5 Å². The Bertz CT molecular complexity index is 750. The van der Waals surface area contributed by atoms with Gasteiger partial charge in [0.25, 0.3) is 0 Å². The van der Waals surface area contributed by atoms with E-state index >= 15 is 0 Å². The number of thioether (sulfide) groups is 1. The van der Waals surface area contributed by atoms with Gasteiger partial charge in [0.15, 0.2) is 0 Å². The van der Waals surface area contributed by atoms with E-state index in [4.69, 9.17) is 4.74 Å². The van der Waals surface area contributed by atoms with Crippen LogP contribution in [0.1, 0.15) is 12.8 Å². The third-order valence-corrected chi connectivity index (χ3v) is 8.87. The quantitative estimate of drug-likeness (QED) is 0.718. The highest BCUT2D eigenvalue weighted by Crippen LogP contribution is 2.36. The molecule has 1 N–H and O–H groups in total. The molecule has 2 bridgehead atoms. The van der Waals surface area contributed by atoms with Crippen LogP contribution in [0.15, 0.2) is 29.2 Å². The Hall–Kier alpha value is -0.800. The molecule has 4 saturated heterocycles. The zero-order valence-electron chi connectivity index (χ0n) is 16.5. The van der Waals surface area contributed by atoms with Crippen LogP contribution in [-0.4, -0.2) is 82.1 Å². The van der Waals surface area contributed by atoms with E-state index in [9.17, 15) is 8.42 Å². The number of hydrogen-bond acceptors (Lipinski definition) is 6. The topological polar surface area (TPSA) is 61.9 Å². The average molecular weight is 426 g/mol.